The summed E-state index contributed by atoms with van der Waals surface area (Å²) in [5.74, 6) is 0.512. The lowest BCUT2D eigenvalue weighted by molar-refractivity contribution is -0.123. The maximum absolute atomic E-state index is 11.4. The third kappa shape index (κ3) is 6.76. The molecule has 23 heavy (non-hydrogen) atoms. The predicted octanol–water partition coefficient (Wildman–Crippen LogP) is 1.96. The number of benzene rings is 1. The molecule has 5 nitrogen and oxygen atoms in total. The molecule has 0 amide bonds. The largest absolute Gasteiger partial charge is 0.492 e. The summed E-state index contributed by atoms with van der Waals surface area (Å²) in [7, 11) is 0. The van der Waals surface area contributed by atoms with Crippen molar-refractivity contribution < 1.29 is 19.1 Å². The number of hydrogen-bond acceptors (Lipinski definition) is 5. The number of ether oxygens (including phenoxy) is 2. The van der Waals surface area contributed by atoms with E-state index in [1.165, 1.54) is 13.0 Å². The number of carbonyl (C=O) groups excluding carboxylic acids is 2. The van der Waals surface area contributed by atoms with Crippen molar-refractivity contribution in [1.29, 1.82) is 0 Å². The van der Waals surface area contributed by atoms with Crippen LogP contribution in [0.4, 0.5) is 0 Å². The number of hydrogen-bond donors (Lipinski definition) is 0. The highest BCUT2D eigenvalue weighted by atomic mass is 16.5. The molecule has 0 aliphatic carbocycles. The highest BCUT2D eigenvalue weighted by molar-refractivity contribution is 6.05. The van der Waals surface area contributed by atoms with Gasteiger partial charge in [0.15, 0.2) is 5.78 Å². The predicted molar refractivity (Wildman–Crippen MR) is 88.5 cm³/mol. The molecule has 1 aromatic carbocycles. The van der Waals surface area contributed by atoms with E-state index < -0.39 is 0 Å². The molecule has 124 valence electrons. The summed E-state index contributed by atoms with van der Waals surface area (Å²) in [5, 5.41) is 0. The van der Waals surface area contributed by atoms with E-state index in [1.807, 2.05) is 24.3 Å². The topological polar surface area (TPSA) is 55.8 Å². The van der Waals surface area contributed by atoms with Crippen molar-refractivity contribution in [2.45, 2.75) is 13.3 Å². The summed E-state index contributed by atoms with van der Waals surface area (Å²) >= 11 is 0. The molecule has 5 heteroatoms. The van der Waals surface area contributed by atoms with Crippen LogP contribution in [0.1, 0.15) is 18.9 Å². The van der Waals surface area contributed by atoms with Crippen molar-refractivity contribution in [1.82, 2.24) is 4.90 Å². The van der Waals surface area contributed by atoms with E-state index in [0.717, 1.165) is 44.2 Å². The second kappa shape index (κ2) is 9.22. The third-order valence-electron chi connectivity index (χ3n) is 3.54. The minimum atomic E-state index is -0.177. The van der Waals surface area contributed by atoms with Crippen LogP contribution in [-0.4, -0.2) is 55.9 Å². The molecule has 0 spiro atoms. The number of nitrogens with zero attached hydrogens (tertiary/aromatic N) is 1. The van der Waals surface area contributed by atoms with Crippen molar-refractivity contribution in [2.75, 3.05) is 39.5 Å². The molecule has 1 aliphatic rings. The van der Waals surface area contributed by atoms with E-state index >= 15 is 0 Å². The third-order valence-corrected chi connectivity index (χ3v) is 3.54. The van der Waals surface area contributed by atoms with Crippen molar-refractivity contribution in [3.63, 3.8) is 0 Å². The van der Waals surface area contributed by atoms with E-state index in [9.17, 15) is 9.59 Å². The van der Waals surface area contributed by atoms with E-state index in [0.29, 0.717) is 6.61 Å². The van der Waals surface area contributed by atoms with Crippen molar-refractivity contribution in [3.05, 3.63) is 35.9 Å². The maximum Gasteiger partial charge on any atom is 0.163 e. The normalized spacial score (nSPS) is 15.7. The van der Waals surface area contributed by atoms with Crippen molar-refractivity contribution in [3.8, 4) is 5.75 Å². The molecule has 2 rings (SSSR count). The molecule has 0 N–H and O–H groups in total. The second-order valence-corrected chi connectivity index (χ2v) is 5.55. The zero-order valence-electron chi connectivity index (χ0n) is 13.5. The summed E-state index contributed by atoms with van der Waals surface area (Å²) in [6, 6.07) is 7.55. The fraction of sp³-hybridized carbons (Fsp3) is 0.444. The van der Waals surface area contributed by atoms with Crippen LogP contribution >= 0.6 is 0 Å². The van der Waals surface area contributed by atoms with E-state index in [2.05, 4.69) is 4.90 Å². The first-order chi connectivity index (χ1) is 11.1. The summed E-state index contributed by atoms with van der Waals surface area (Å²) < 4.78 is 11.0. The van der Waals surface area contributed by atoms with Gasteiger partial charge in [-0.2, -0.15) is 0 Å². The Morgan fingerprint density at radius 1 is 1.22 bits per heavy atom. The van der Waals surface area contributed by atoms with Gasteiger partial charge in [-0.15, -0.1) is 0 Å². The van der Waals surface area contributed by atoms with Gasteiger partial charge >= 0.3 is 0 Å². The fourth-order valence-corrected chi connectivity index (χ4v) is 2.29. The van der Waals surface area contributed by atoms with Crippen LogP contribution in [0.5, 0.6) is 5.75 Å². The van der Waals surface area contributed by atoms with Crippen LogP contribution in [0.2, 0.25) is 0 Å². The lowest BCUT2D eigenvalue weighted by atomic mass is 10.1. The van der Waals surface area contributed by atoms with Gasteiger partial charge in [-0.1, -0.05) is 18.2 Å². The first-order valence-corrected chi connectivity index (χ1v) is 7.87. The molecule has 0 aromatic heterocycles. The SMILES string of the molecule is CC(=O)CC(=O)C=Cc1ccc(OCCN2CCOCC2)cc1. The molecule has 1 aromatic rings. The van der Waals surface area contributed by atoms with Gasteiger partial charge in [0.25, 0.3) is 0 Å². The highest BCUT2D eigenvalue weighted by Crippen LogP contribution is 2.13. The molecule has 1 saturated heterocycles. The molecular weight excluding hydrogens is 294 g/mol. The molecular formula is C18H23NO4. The lowest BCUT2D eigenvalue weighted by Crippen LogP contribution is -2.38. The van der Waals surface area contributed by atoms with Gasteiger partial charge in [0.2, 0.25) is 0 Å². The zero-order chi connectivity index (χ0) is 16.5. The Morgan fingerprint density at radius 2 is 1.91 bits per heavy atom. The monoisotopic (exact) mass is 317 g/mol. The van der Waals surface area contributed by atoms with E-state index in [1.54, 1.807) is 6.08 Å². The summed E-state index contributed by atoms with van der Waals surface area (Å²) in [6.07, 6.45) is 3.11. The van der Waals surface area contributed by atoms with Gasteiger partial charge in [-0.3, -0.25) is 14.5 Å². The zero-order valence-corrected chi connectivity index (χ0v) is 13.5. The number of Topliss-reactive ketones (excluding diaryl/α,β-unsaturated/α-hetero) is 1. The van der Waals surface area contributed by atoms with Gasteiger partial charge in [0.05, 0.1) is 19.6 Å². The Labute approximate surface area is 136 Å². The Morgan fingerprint density at radius 3 is 2.57 bits per heavy atom. The number of ketones is 2. The fourth-order valence-electron chi connectivity index (χ4n) is 2.29. The van der Waals surface area contributed by atoms with Gasteiger partial charge < -0.3 is 9.47 Å². The Bertz CT molecular complexity index is 545. The van der Waals surface area contributed by atoms with Crippen LogP contribution in [0.3, 0.4) is 0 Å². The summed E-state index contributed by atoms with van der Waals surface area (Å²) in [4.78, 5) is 24.6. The Hall–Kier alpha value is -1.98. The van der Waals surface area contributed by atoms with Gasteiger partial charge in [0, 0.05) is 19.6 Å². The van der Waals surface area contributed by atoms with Crippen LogP contribution in [0.25, 0.3) is 6.08 Å². The number of allylic oxidation sites excluding steroid dienone is 1. The average molecular weight is 317 g/mol. The molecule has 1 aliphatic heterocycles. The standard InChI is InChI=1S/C18H23NO4/c1-15(20)14-17(21)5-2-16-3-6-18(7-4-16)23-13-10-19-8-11-22-12-9-19/h2-7H,8-14H2,1H3. The Kier molecular flexibility index (Phi) is 6.97. The first-order valence-electron chi connectivity index (χ1n) is 7.87. The van der Waals surface area contributed by atoms with Crippen LogP contribution in [0.15, 0.2) is 30.3 Å². The van der Waals surface area contributed by atoms with Crippen LogP contribution in [-0.2, 0) is 14.3 Å². The minimum Gasteiger partial charge on any atom is -0.492 e. The van der Waals surface area contributed by atoms with Gasteiger partial charge in [-0.05, 0) is 30.7 Å². The quantitative estimate of drug-likeness (QED) is 0.542. The summed E-state index contributed by atoms with van der Waals surface area (Å²) in [6.45, 7) is 6.46. The molecule has 0 radical (unpaired) electrons. The minimum absolute atomic E-state index is 0.0424. The number of carbonyl (C=O) groups is 2. The maximum atomic E-state index is 11.4. The highest BCUT2D eigenvalue weighted by Gasteiger charge is 2.09. The number of rotatable bonds is 8. The average Bonchev–Trinajstić information content (AvgIpc) is 2.54. The molecule has 1 heterocycles. The molecule has 0 saturated carbocycles. The van der Waals surface area contributed by atoms with Crippen LogP contribution < -0.4 is 4.74 Å². The van der Waals surface area contributed by atoms with Gasteiger partial charge in [0.1, 0.15) is 18.1 Å². The van der Waals surface area contributed by atoms with Crippen LogP contribution in [0, 0.1) is 0 Å². The molecule has 0 atom stereocenters. The van der Waals surface area contributed by atoms with Gasteiger partial charge in [-0.25, -0.2) is 0 Å². The van der Waals surface area contributed by atoms with E-state index in [4.69, 9.17) is 9.47 Å². The van der Waals surface area contributed by atoms with Crippen molar-refractivity contribution in [2.24, 2.45) is 0 Å². The first kappa shape index (κ1) is 17.4. The number of morpholine rings is 1. The Balaban J connectivity index is 1.74. The molecule has 0 bridgehead atoms. The molecule has 0 unspecified atom stereocenters. The smallest absolute Gasteiger partial charge is 0.163 e. The second-order valence-electron chi connectivity index (χ2n) is 5.55. The lowest BCUT2D eigenvalue weighted by Gasteiger charge is -2.26. The van der Waals surface area contributed by atoms with E-state index in [-0.39, 0.29) is 18.0 Å². The summed E-state index contributed by atoms with van der Waals surface area (Å²) in [5.41, 5.74) is 0.905. The van der Waals surface area contributed by atoms with Crippen molar-refractivity contribution >= 4 is 17.6 Å². The molecule has 1 fully saturated rings.